The number of rotatable bonds is 5. The largest absolute Gasteiger partial charge is 0.484 e. The van der Waals surface area contributed by atoms with Crippen LogP contribution in [0.2, 0.25) is 0 Å². The zero-order valence-electron chi connectivity index (χ0n) is 9.64. The summed E-state index contributed by atoms with van der Waals surface area (Å²) in [4.78, 5) is 21.3. The highest BCUT2D eigenvalue weighted by atomic mass is 19.1. The normalized spacial score (nSPS) is 10.3. The Kier molecular flexibility index (Phi) is 4.86. The number of benzene rings is 1. The first-order valence-electron chi connectivity index (χ1n) is 5.06. The third kappa shape index (κ3) is 4.65. The number of ether oxygens (including phenoxy) is 1. The van der Waals surface area contributed by atoms with Gasteiger partial charge in [-0.1, -0.05) is 0 Å². The first kappa shape index (κ1) is 13.7. The van der Waals surface area contributed by atoms with Gasteiger partial charge in [0.05, 0.1) is 0 Å². The average molecular weight is 253 g/mol. The third-order valence-electron chi connectivity index (χ3n) is 1.96. The first-order chi connectivity index (χ1) is 8.51. The molecule has 0 radical (unpaired) electrons. The van der Waals surface area contributed by atoms with Crippen molar-refractivity contribution in [3.8, 4) is 5.75 Å². The Morgan fingerprint density at radius 3 is 2.78 bits per heavy atom. The minimum absolute atomic E-state index is 0.156. The van der Waals surface area contributed by atoms with Gasteiger partial charge in [0.1, 0.15) is 11.6 Å². The van der Waals surface area contributed by atoms with Crippen LogP contribution in [0.25, 0.3) is 6.08 Å². The summed E-state index contributed by atoms with van der Waals surface area (Å²) in [5.41, 5.74) is 0.337. The maximum absolute atomic E-state index is 13.2. The standard InChI is InChI=1S/C12H12FNO4/c1-14-11(15)7-18-10-5-8(2-3-12(16)17)4-9(13)6-10/h2-6H,7H2,1H3,(H,14,15)(H,16,17)/b3-2+. The maximum Gasteiger partial charge on any atom is 0.328 e. The van der Waals surface area contributed by atoms with E-state index in [1.165, 1.54) is 19.2 Å². The molecule has 0 fully saturated rings. The molecule has 5 nitrogen and oxygen atoms in total. The van der Waals surface area contributed by atoms with Crippen molar-refractivity contribution < 1.29 is 23.8 Å². The molecular formula is C12H12FNO4. The average Bonchev–Trinajstić information content (AvgIpc) is 2.33. The van der Waals surface area contributed by atoms with Crippen molar-refractivity contribution in [3.05, 3.63) is 35.7 Å². The fourth-order valence-corrected chi connectivity index (χ4v) is 1.15. The predicted octanol–water partition coefficient (Wildman–Crippen LogP) is 1.05. The number of aliphatic carboxylic acids is 1. The minimum atomic E-state index is -1.13. The molecular weight excluding hydrogens is 241 g/mol. The molecule has 0 bridgehead atoms. The molecule has 0 spiro atoms. The van der Waals surface area contributed by atoms with Gasteiger partial charge < -0.3 is 15.2 Å². The number of nitrogens with one attached hydrogen (secondary N) is 1. The Morgan fingerprint density at radius 1 is 1.44 bits per heavy atom. The lowest BCUT2D eigenvalue weighted by atomic mass is 10.2. The highest BCUT2D eigenvalue weighted by Gasteiger charge is 2.03. The van der Waals surface area contributed by atoms with Gasteiger partial charge in [-0.15, -0.1) is 0 Å². The Morgan fingerprint density at radius 2 is 2.17 bits per heavy atom. The highest BCUT2D eigenvalue weighted by Crippen LogP contribution is 2.17. The van der Waals surface area contributed by atoms with E-state index in [-0.39, 0.29) is 18.3 Å². The molecule has 0 saturated heterocycles. The molecule has 1 rings (SSSR count). The molecule has 0 aromatic heterocycles. The van der Waals surface area contributed by atoms with Crippen LogP contribution < -0.4 is 10.1 Å². The predicted molar refractivity (Wildman–Crippen MR) is 62.6 cm³/mol. The molecule has 2 N–H and O–H groups in total. The zero-order chi connectivity index (χ0) is 13.5. The van der Waals surface area contributed by atoms with Crippen molar-refractivity contribution >= 4 is 18.0 Å². The van der Waals surface area contributed by atoms with Crippen molar-refractivity contribution in [3.63, 3.8) is 0 Å². The lowest BCUT2D eigenvalue weighted by Gasteiger charge is -2.06. The SMILES string of the molecule is CNC(=O)COc1cc(F)cc(/C=C/C(=O)O)c1. The molecule has 1 aromatic carbocycles. The highest BCUT2D eigenvalue weighted by molar-refractivity contribution is 5.85. The van der Waals surface area contributed by atoms with E-state index in [1.807, 2.05) is 0 Å². The van der Waals surface area contributed by atoms with Crippen LogP contribution in [-0.2, 0) is 9.59 Å². The lowest BCUT2D eigenvalue weighted by molar-refractivity contribution is -0.131. The Bertz CT molecular complexity index is 485. The van der Waals surface area contributed by atoms with Crippen LogP contribution >= 0.6 is 0 Å². The van der Waals surface area contributed by atoms with Crippen LogP contribution in [0.1, 0.15) is 5.56 Å². The van der Waals surface area contributed by atoms with E-state index in [4.69, 9.17) is 9.84 Å². The molecule has 1 aromatic rings. The van der Waals surface area contributed by atoms with Crippen molar-refractivity contribution in [2.24, 2.45) is 0 Å². The van der Waals surface area contributed by atoms with Crippen molar-refractivity contribution in [1.29, 1.82) is 0 Å². The number of halogens is 1. The molecule has 6 heteroatoms. The Labute approximate surface area is 103 Å². The number of carboxylic acids is 1. The second-order valence-electron chi connectivity index (χ2n) is 3.35. The summed E-state index contributed by atoms with van der Waals surface area (Å²) in [5, 5.41) is 10.8. The number of amides is 1. The van der Waals surface area contributed by atoms with Gasteiger partial charge in [-0.3, -0.25) is 4.79 Å². The summed E-state index contributed by atoms with van der Waals surface area (Å²) in [5.74, 6) is -1.90. The van der Waals surface area contributed by atoms with Gasteiger partial charge in [-0.2, -0.15) is 0 Å². The van der Waals surface area contributed by atoms with Crippen LogP contribution in [0.4, 0.5) is 4.39 Å². The summed E-state index contributed by atoms with van der Waals surface area (Å²) in [6, 6.07) is 3.71. The second kappa shape index (κ2) is 6.39. The number of carbonyl (C=O) groups excluding carboxylic acids is 1. The molecule has 0 aliphatic heterocycles. The van der Waals surface area contributed by atoms with Gasteiger partial charge in [0, 0.05) is 19.2 Å². The molecule has 0 unspecified atom stereocenters. The molecule has 96 valence electrons. The molecule has 0 aliphatic rings. The quantitative estimate of drug-likeness (QED) is 0.769. The number of carbonyl (C=O) groups is 2. The van der Waals surface area contributed by atoms with E-state index in [9.17, 15) is 14.0 Å². The van der Waals surface area contributed by atoms with Gasteiger partial charge in [0.2, 0.25) is 0 Å². The van der Waals surface area contributed by atoms with Crippen LogP contribution in [0, 0.1) is 5.82 Å². The Hall–Kier alpha value is -2.37. The van der Waals surface area contributed by atoms with Gasteiger partial charge in [-0.25, -0.2) is 9.18 Å². The van der Waals surface area contributed by atoms with E-state index < -0.39 is 11.8 Å². The van der Waals surface area contributed by atoms with Gasteiger partial charge in [0.25, 0.3) is 5.91 Å². The maximum atomic E-state index is 13.2. The van der Waals surface area contributed by atoms with E-state index in [2.05, 4.69) is 5.32 Å². The summed E-state index contributed by atoms with van der Waals surface area (Å²) in [6.07, 6.45) is 2.12. The third-order valence-corrected chi connectivity index (χ3v) is 1.96. The summed E-state index contributed by atoms with van der Waals surface area (Å²) in [6.45, 7) is -0.234. The fraction of sp³-hybridized carbons (Fsp3) is 0.167. The van der Waals surface area contributed by atoms with E-state index in [0.717, 1.165) is 18.2 Å². The molecule has 0 aliphatic carbocycles. The van der Waals surface area contributed by atoms with E-state index >= 15 is 0 Å². The zero-order valence-corrected chi connectivity index (χ0v) is 9.64. The second-order valence-corrected chi connectivity index (χ2v) is 3.35. The molecule has 0 atom stereocenters. The van der Waals surface area contributed by atoms with E-state index in [1.54, 1.807) is 0 Å². The Balaban J connectivity index is 2.80. The van der Waals surface area contributed by atoms with Crippen molar-refractivity contribution in [1.82, 2.24) is 5.32 Å². The number of carboxylic acid groups (broad SMARTS) is 1. The van der Waals surface area contributed by atoms with E-state index in [0.29, 0.717) is 5.56 Å². The van der Waals surface area contributed by atoms with Crippen molar-refractivity contribution in [2.75, 3.05) is 13.7 Å². The summed E-state index contributed by atoms with van der Waals surface area (Å²) >= 11 is 0. The summed E-state index contributed by atoms with van der Waals surface area (Å²) in [7, 11) is 1.46. The first-order valence-corrected chi connectivity index (χ1v) is 5.06. The number of hydrogen-bond donors (Lipinski definition) is 2. The fourth-order valence-electron chi connectivity index (χ4n) is 1.15. The molecule has 0 saturated carbocycles. The molecule has 18 heavy (non-hydrogen) atoms. The minimum Gasteiger partial charge on any atom is -0.484 e. The van der Waals surface area contributed by atoms with Crippen LogP contribution in [0.15, 0.2) is 24.3 Å². The molecule has 0 heterocycles. The van der Waals surface area contributed by atoms with Crippen LogP contribution in [-0.4, -0.2) is 30.6 Å². The molecule has 1 amide bonds. The van der Waals surface area contributed by atoms with Gasteiger partial charge >= 0.3 is 5.97 Å². The lowest BCUT2D eigenvalue weighted by Crippen LogP contribution is -2.24. The number of likely N-dealkylation sites (N-methyl/N-ethyl adjacent to an activating group) is 1. The smallest absolute Gasteiger partial charge is 0.328 e. The van der Waals surface area contributed by atoms with Gasteiger partial charge in [0.15, 0.2) is 6.61 Å². The van der Waals surface area contributed by atoms with Crippen LogP contribution in [0.5, 0.6) is 5.75 Å². The monoisotopic (exact) mass is 253 g/mol. The summed E-state index contributed by atoms with van der Waals surface area (Å²) < 4.78 is 18.3. The van der Waals surface area contributed by atoms with Crippen LogP contribution in [0.3, 0.4) is 0 Å². The number of hydrogen-bond acceptors (Lipinski definition) is 3. The van der Waals surface area contributed by atoms with Crippen molar-refractivity contribution in [2.45, 2.75) is 0 Å². The van der Waals surface area contributed by atoms with Gasteiger partial charge in [-0.05, 0) is 23.8 Å². The topological polar surface area (TPSA) is 75.6 Å².